The third kappa shape index (κ3) is 6.54. The van der Waals surface area contributed by atoms with E-state index in [0.29, 0.717) is 21.6 Å². The topological polar surface area (TPSA) is 131 Å². The van der Waals surface area contributed by atoms with Crippen LogP contribution in [0.1, 0.15) is 38.7 Å². The predicted octanol–water partition coefficient (Wildman–Crippen LogP) is 3.10. The lowest BCUT2D eigenvalue weighted by Gasteiger charge is -2.17. The number of carbonyl (C=O) groups is 2. The van der Waals surface area contributed by atoms with E-state index in [2.05, 4.69) is 25.0 Å². The molecule has 0 saturated carbocycles. The second-order valence-corrected chi connectivity index (χ2v) is 10.8. The average molecular weight is 544 g/mol. The van der Waals surface area contributed by atoms with Crippen LogP contribution < -0.4 is 10.1 Å². The molecule has 2 heterocycles. The van der Waals surface area contributed by atoms with Crippen molar-refractivity contribution < 1.29 is 35.9 Å². The molecule has 1 N–H and O–H groups in total. The molecular formula is C21H20F3N5O5S2. The Hall–Kier alpha value is -3.59. The molecule has 0 aliphatic carbocycles. The number of hydrogen-bond donors (Lipinski definition) is 1. The van der Waals surface area contributed by atoms with Crippen molar-refractivity contribution in [3.05, 3.63) is 52.9 Å². The molecule has 1 atom stereocenters. The molecule has 0 aliphatic heterocycles. The van der Waals surface area contributed by atoms with Gasteiger partial charge >= 0.3 is 6.36 Å². The van der Waals surface area contributed by atoms with Gasteiger partial charge in [-0.3, -0.25) is 19.6 Å². The van der Waals surface area contributed by atoms with Gasteiger partial charge in [-0.2, -0.15) is 0 Å². The smallest absolute Gasteiger partial charge is 0.406 e. The third-order valence-electron chi connectivity index (χ3n) is 4.61. The number of amides is 2. The van der Waals surface area contributed by atoms with Crippen LogP contribution in [-0.2, 0) is 9.84 Å². The van der Waals surface area contributed by atoms with E-state index >= 15 is 0 Å². The summed E-state index contributed by atoms with van der Waals surface area (Å²) >= 11 is 1.07. The summed E-state index contributed by atoms with van der Waals surface area (Å²) in [5, 5.41) is 2.93. The van der Waals surface area contributed by atoms with Crippen molar-refractivity contribution in [3.8, 4) is 16.5 Å². The first kappa shape index (κ1) is 27.0. The molecule has 2 aromatic heterocycles. The monoisotopic (exact) mass is 543 g/mol. The van der Waals surface area contributed by atoms with Gasteiger partial charge in [-0.15, -0.1) is 24.5 Å². The number of aromatic nitrogens is 3. The van der Waals surface area contributed by atoms with Crippen LogP contribution in [0.5, 0.6) is 5.75 Å². The summed E-state index contributed by atoms with van der Waals surface area (Å²) in [6, 6.07) is 1.57. The highest BCUT2D eigenvalue weighted by Gasteiger charge is 2.32. The number of sulfone groups is 1. The van der Waals surface area contributed by atoms with Gasteiger partial charge in [0.25, 0.3) is 11.8 Å². The molecule has 0 aliphatic rings. The Balaban J connectivity index is 1.92. The molecule has 0 saturated heterocycles. The van der Waals surface area contributed by atoms with Crippen molar-refractivity contribution in [3.63, 3.8) is 0 Å². The van der Waals surface area contributed by atoms with Crippen molar-refractivity contribution >= 4 is 33.0 Å². The fraction of sp³-hybridized carbons (Fsp3) is 0.286. The third-order valence-corrected chi connectivity index (χ3v) is 6.70. The minimum absolute atomic E-state index is 0.256. The van der Waals surface area contributed by atoms with E-state index in [4.69, 9.17) is 0 Å². The van der Waals surface area contributed by atoms with E-state index < -0.39 is 38.8 Å². The first-order valence-electron chi connectivity index (χ1n) is 10.1. The van der Waals surface area contributed by atoms with Gasteiger partial charge in [0, 0.05) is 38.3 Å². The van der Waals surface area contributed by atoms with Crippen LogP contribution in [0.2, 0.25) is 0 Å². The Morgan fingerprint density at radius 1 is 1.11 bits per heavy atom. The first-order valence-corrected chi connectivity index (χ1v) is 12.8. The number of benzene rings is 1. The first-order chi connectivity index (χ1) is 16.7. The highest BCUT2D eigenvalue weighted by atomic mass is 32.2. The highest BCUT2D eigenvalue weighted by molar-refractivity contribution is 7.90. The minimum atomic E-state index is -5.09. The fourth-order valence-electron chi connectivity index (χ4n) is 2.99. The van der Waals surface area contributed by atoms with E-state index in [0.717, 1.165) is 29.7 Å². The predicted molar refractivity (Wildman–Crippen MR) is 123 cm³/mol. The summed E-state index contributed by atoms with van der Waals surface area (Å²) in [6.07, 6.45) is -0.132. The molecule has 1 aromatic carbocycles. The van der Waals surface area contributed by atoms with E-state index in [1.54, 1.807) is 21.0 Å². The average Bonchev–Trinajstić information content (AvgIpc) is 3.26. The van der Waals surface area contributed by atoms with Crippen LogP contribution in [0.3, 0.4) is 0 Å². The lowest BCUT2D eigenvalue weighted by atomic mass is 10.1. The van der Waals surface area contributed by atoms with Gasteiger partial charge in [0.15, 0.2) is 9.84 Å². The maximum atomic E-state index is 12.9. The molecule has 3 aromatic rings. The summed E-state index contributed by atoms with van der Waals surface area (Å²) in [7, 11) is -0.770. The van der Waals surface area contributed by atoms with Gasteiger partial charge < -0.3 is 15.0 Å². The molecule has 0 bridgehead atoms. The van der Waals surface area contributed by atoms with Gasteiger partial charge in [0.2, 0.25) is 0 Å². The highest BCUT2D eigenvalue weighted by Crippen LogP contribution is 2.30. The van der Waals surface area contributed by atoms with E-state index in [1.807, 2.05) is 0 Å². The quantitative estimate of drug-likeness (QED) is 0.481. The van der Waals surface area contributed by atoms with Crippen LogP contribution >= 0.6 is 11.3 Å². The number of hydrogen-bond acceptors (Lipinski definition) is 9. The molecule has 2 amide bonds. The summed E-state index contributed by atoms with van der Waals surface area (Å²) in [5.74, 6) is -1.99. The summed E-state index contributed by atoms with van der Waals surface area (Å²) in [4.78, 5) is 39.0. The SMILES string of the molecule is C[C@H](NC(=O)c1cc(OC(F)(F)F)cc(S(C)(=O)=O)c1)c1nccnc1-c1ncc(C(=O)N(C)C)s1. The lowest BCUT2D eigenvalue weighted by molar-refractivity contribution is -0.274. The lowest BCUT2D eigenvalue weighted by Crippen LogP contribution is -2.28. The minimum Gasteiger partial charge on any atom is -0.406 e. The van der Waals surface area contributed by atoms with Crippen LogP contribution in [0.25, 0.3) is 10.7 Å². The number of rotatable bonds is 7. The Morgan fingerprint density at radius 3 is 2.39 bits per heavy atom. The van der Waals surface area contributed by atoms with E-state index in [9.17, 15) is 31.2 Å². The van der Waals surface area contributed by atoms with Gasteiger partial charge in [-0.05, 0) is 25.1 Å². The maximum Gasteiger partial charge on any atom is 0.573 e. The van der Waals surface area contributed by atoms with Crippen molar-refractivity contribution in [1.82, 2.24) is 25.2 Å². The Bertz CT molecular complexity index is 1410. The van der Waals surface area contributed by atoms with Crippen LogP contribution in [0.15, 0.2) is 41.7 Å². The summed E-state index contributed by atoms with van der Waals surface area (Å²) in [6.45, 7) is 1.55. The van der Waals surface area contributed by atoms with Crippen molar-refractivity contribution in [2.45, 2.75) is 24.2 Å². The van der Waals surface area contributed by atoms with Crippen LogP contribution in [0, 0.1) is 0 Å². The zero-order chi connectivity index (χ0) is 26.8. The van der Waals surface area contributed by atoms with Gasteiger partial charge in [0.05, 0.1) is 22.8 Å². The van der Waals surface area contributed by atoms with E-state index in [-0.39, 0.29) is 17.2 Å². The summed E-state index contributed by atoms with van der Waals surface area (Å²) in [5.41, 5.74) is 0.191. The van der Waals surface area contributed by atoms with Gasteiger partial charge in [-0.1, -0.05) is 0 Å². The number of halogens is 3. The van der Waals surface area contributed by atoms with Crippen LogP contribution in [0.4, 0.5) is 13.2 Å². The zero-order valence-electron chi connectivity index (χ0n) is 19.3. The number of carbonyl (C=O) groups excluding carboxylic acids is 2. The Kier molecular flexibility index (Phi) is 7.64. The number of thiazole rings is 1. The standard InChI is InChI=1S/C21H20F3N5O5S2/c1-11(16-17(26-6-5-25-16)19-27-10-15(35-19)20(31)29(2)3)28-18(30)12-7-13(34-21(22,23)24)9-14(8-12)36(4,32)33/h5-11H,1-4H3,(H,28,30)/t11-/m0/s1. The fourth-order valence-corrected chi connectivity index (χ4v) is 4.61. The van der Waals surface area contributed by atoms with Crippen molar-refractivity contribution in [2.24, 2.45) is 0 Å². The summed E-state index contributed by atoms with van der Waals surface area (Å²) < 4.78 is 65.9. The number of nitrogens with zero attached hydrogens (tertiary/aromatic N) is 4. The molecule has 0 spiro atoms. The molecule has 0 unspecified atom stereocenters. The second kappa shape index (κ2) is 10.2. The Labute approximate surface area is 208 Å². The molecule has 0 radical (unpaired) electrons. The molecule has 15 heteroatoms. The largest absolute Gasteiger partial charge is 0.573 e. The molecule has 0 fully saturated rings. The van der Waals surface area contributed by atoms with Gasteiger partial charge in [-0.25, -0.2) is 13.4 Å². The molecule has 10 nitrogen and oxygen atoms in total. The number of ether oxygens (including phenoxy) is 1. The van der Waals surface area contributed by atoms with Gasteiger partial charge in [0.1, 0.15) is 21.3 Å². The molecule has 36 heavy (non-hydrogen) atoms. The number of alkyl halides is 3. The molecule has 3 rings (SSSR count). The van der Waals surface area contributed by atoms with Crippen LogP contribution in [-0.4, -0.2) is 66.8 Å². The second-order valence-electron chi connectivity index (χ2n) is 7.73. The maximum absolute atomic E-state index is 12.9. The van der Waals surface area contributed by atoms with Crippen molar-refractivity contribution in [2.75, 3.05) is 20.4 Å². The van der Waals surface area contributed by atoms with E-state index in [1.165, 1.54) is 23.5 Å². The van der Waals surface area contributed by atoms with Crippen molar-refractivity contribution in [1.29, 1.82) is 0 Å². The normalized spacial score (nSPS) is 12.6. The molecular weight excluding hydrogens is 523 g/mol. The number of nitrogens with one attached hydrogen (secondary N) is 1. The molecule has 192 valence electrons. The zero-order valence-corrected chi connectivity index (χ0v) is 21.0. The Morgan fingerprint density at radius 2 is 1.78 bits per heavy atom.